The van der Waals surface area contributed by atoms with Crippen molar-refractivity contribution in [3.8, 4) is 0 Å². The molecule has 2 aliphatic heterocycles. The lowest BCUT2D eigenvalue weighted by molar-refractivity contribution is -0.132. The van der Waals surface area contributed by atoms with Gasteiger partial charge in [0.2, 0.25) is 5.91 Å². The number of ether oxygens (including phenoxy) is 1. The third-order valence-corrected chi connectivity index (χ3v) is 6.22. The first-order valence-electron chi connectivity index (χ1n) is 10.7. The molecule has 2 heterocycles. The Morgan fingerprint density at radius 1 is 1.14 bits per heavy atom. The number of carbonyl (C=O) groups excluding carboxylic acids is 2. The zero-order chi connectivity index (χ0) is 20.6. The van der Waals surface area contributed by atoms with Crippen molar-refractivity contribution >= 4 is 23.5 Å². The molecule has 0 atom stereocenters. The lowest BCUT2D eigenvalue weighted by Gasteiger charge is -2.43. The Labute approximate surface area is 178 Å². The molecule has 0 bridgehead atoms. The second-order valence-electron chi connectivity index (χ2n) is 7.86. The first kappa shape index (κ1) is 21.9. The fraction of sp³-hybridized carbons (Fsp3) is 0.636. The summed E-state index contributed by atoms with van der Waals surface area (Å²) in [6, 6.07) is 7.90. The van der Waals surface area contributed by atoms with E-state index in [2.05, 4.69) is 12.2 Å². The van der Waals surface area contributed by atoms with Crippen LogP contribution in [0.25, 0.3) is 0 Å². The van der Waals surface area contributed by atoms with Crippen LogP contribution < -0.4 is 5.32 Å². The van der Waals surface area contributed by atoms with E-state index < -0.39 is 0 Å². The van der Waals surface area contributed by atoms with E-state index in [4.69, 9.17) is 16.3 Å². The highest BCUT2D eigenvalue weighted by Crippen LogP contribution is 2.25. The lowest BCUT2D eigenvalue weighted by atomic mass is 9.98. The van der Waals surface area contributed by atoms with Crippen LogP contribution in [-0.2, 0) is 16.0 Å². The average molecular weight is 422 g/mol. The van der Waals surface area contributed by atoms with E-state index in [0.717, 1.165) is 37.7 Å². The van der Waals surface area contributed by atoms with Gasteiger partial charge in [-0.05, 0) is 43.7 Å². The molecule has 29 heavy (non-hydrogen) atoms. The van der Waals surface area contributed by atoms with Gasteiger partial charge in [-0.2, -0.15) is 0 Å². The number of nitrogens with one attached hydrogen (secondary N) is 1. The van der Waals surface area contributed by atoms with Crippen LogP contribution in [0, 0.1) is 0 Å². The Morgan fingerprint density at radius 2 is 1.79 bits per heavy atom. The van der Waals surface area contributed by atoms with Gasteiger partial charge in [-0.1, -0.05) is 36.7 Å². The van der Waals surface area contributed by atoms with Crippen LogP contribution in [0.4, 0.5) is 4.79 Å². The first-order valence-corrected chi connectivity index (χ1v) is 11.1. The molecule has 160 valence electrons. The summed E-state index contributed by atoms with van der Waals surface area (Å²) in [6.45, 7) is 5.51. The fourth-order valence-electron chi connectivity index (χ4n) is 4.23. The second-order valence-corrected chi connectivity index (χ2v) is 8.27. The van der Waals surface area contributed by atoms with Crippen LogP contribution in [0.15, 0.2) is 24.3 Å². The molecule has 1 N–H and O–H groups in total. The molecule has 1 aromatic carbocycles. The van der Waals surface area contributed by atoms with Gasteiger partial charge in [-0.15, -0.1) is 0 Å². The average Bonchev–Trinajstić information content (AvgIpc) is 2.75. The number of rotatable bonds is 6. The predicted octanol–water partition coefficient (Wildman–Crippen LogP) is 3.47. The van der Waals surface area contributed by atoms with Gasteiger partial charge < -0.3 is 19.9 Å². The molecule has 2 fully saturated rings. The molecule has 0 unspecified atom stereocenters. The summed E-state index contributed by atoms with van der Waals surface area (Å²) in [5.41, 5.74) is 0.865. The smallest absolute Gasteiger partial charge is 0.317 e. The summed E-state index contributed by atoms with van der Waals surface area (Å²) in [4.78, 5) is 29.6. The maximum Gasteiger partial charge on any atom is 0.317 e. The standard InChI is InChI=1S/C22H32ClN3O3/c1-2-11-24-22(28)26(19-9-14-29-15-10-19)18-7-12-25(13-8-18)21(27)16-17-5-3-4-6-20(17)23/h3-6,18-19H,2,7-16H2,1H3,(H,24,28). The molecule has 2 saturated heterocycles. The predicted molar refractivity (Wildman–Crippen MR) is 114 cm³/mol. The van der Waals surface area contributed by atoms with Gasteiger partial charge in [-0.3, -0.25) is 4.79 Å². The Bertz CT molecular complexity index is 686. The van der Waals surface area contributed by atoms with E-state index >= 15 is 0 Å². The highest BCUT2D eigenvalue weighted by atomic mass is 35.5. The van der Waals surface area contributed by atoms with E-state index in [9.17, 15) is 9.59 Å². The minimum Gasteiger partial charge on any atom is -0.381 e. The van der Waals surface area contributed by atoms with Crippen molar-refractivity contribution in [1.82, 2.24) is 15.1 Å². The molecule has 0 aromatic heterocycles. The molecule has 0 radical (unpaired) electrons. The number of likely N-dealkylation sites (tertiary alicyclic amines) is 1. The minimum absolute atomic E-state index is 0.0274. The van der Waals surface area contributed by atoms with E-state index in [1.165, 1.54) is 0 Å². The molecule has 7 heteroatoms. The van der Waals surface area contributed by atoms with Crippen molar-refractivity contribution in [3.63, 3.8) is 0 Å². The SMILES string of the molecule is CCCNC(=O)N(C1CCOCC1)C1CCN(C(=O)Cc2ccccc2Cl)CC1. The molecule has 3 rings (SSSR count). The topological polar surface area (TPSA) is 61.9 Å². The third kappa shape index (κ3) is 5.86. The van der Waals surface area contributed by atoms with Gasteiger partial charge in [0, 0.05) is 50.0 Å². The number of piperidine rings is 1. The fourth-order valence-corrected chi connectivity index (χ4v) is 4.43. The lowest BCUT2D eigenvalue weighted by Crippen LogP contribution is -2.56. The van der Waals surface area contributed by atoms with Crippen LogP contribution in [0.5, 0.6) is 0 Å². The summed E-state index contributed by atoms with van der Waals surface area (Å²) in [6.07, 6.45) is 4.63. The van der Waals surface area contributed by atoms with E-state index in [1.807, 2.05) is 34.1 Å². The van der Waals surface area contributed by atoms with Crippen molar-refractivity contribution in [3.05, 3.63) is 34.9 Å². The van der Waals surface area contributed by atoms with Gasteiger partial charge >= 0.3 is 6.03 Å². The number of amides is 3. The number of urea groups is 1. The van der Waals surface area contributed by atoms with Crippen molar-refractivity contribution in [1.29, 1.82) is 0 Å². The number of carbonyl (C=O) groups is 2. The van der Waals surface area contributed by atoms with Crippen molar-refractivity contribution in [2.75, 3.05) is 32.8 Å². The number of hydrogen-bond acceptors (Lipinski definition) is 3. The molecule has 6 nitrogen and oxygen atoms in total. The highest BCUT2D eigenvalue weighted by Gasteiger charge is 2.34. The van der Waals surface area contributed by atoms with Gasteiger partial charge in [0.15, 0.2) is 0 Å². The van der Waals surface area contributed by atoms with E-state index in [0.29, 0.717) is 44.3 Å². The molecular weight excluding hydrogens is 390 g/mol. The number of hydrogen-bond donors (Lipinski definition) is 1. The summed E-state index contributed by atoms with van der Waals surface area (Å²) in [7, 11) is 0. The summed E-state index contributed by atoms with van der Waals surface area (Å²) >= 11 is 6.20. The molecule has 1 aromatic rings. The van der Waals surface area contributed by atoms with Crippen molar-refractivity contribution < 1.29 is 14.3 Å². The first-order chi connectivity index (χ1) is 14.1. The minimum atomic E-state index is 0.0274. The summed E-state index contributed by atoms with van der Waals surface area (Å²) < 4.78 is 5.49. The van der Waals surface area contributed by atoms with Crippen LogP contribution in [-0.4, -0.2) is 66.7 Å². The number of nitrogens with zero attached hydrogens (tertiary/aromatic N) is 2. The zero-order valence-electron chi connectivity index (χ0n) is 17.2. The maximum atomic E-state index is 12.9. The molecule has 0 aliphatic carbocycles. The Kier molecular flexibility index (Phi) is 8.19. The molecule has 0 spiro atoms. The summed E-state index contributed by atoms with van der Waals surface area (Å²) in [5, 5.41) is 3.68. The Morgan fingerprint density at radius 3 is 2.45 bits per heavy atom. The van der Waals surface area contributed by atoms with E-state index in [1.54, 1.807) is 0 Å². The zero-order valence-corrected chi connectivity index (χ0v) is 18.0. The van der Waals surface area contributed by atoms with E-state index in [-0.39, 0.29) is 24.0 Å². The number of benzene rings is 1. The van der Waals surface area contributed by atoms with Gasteiger partial charge in [0.05, 0.1) is 6.42 Å². The Hall–Kier alpha value is -1.79. The molecular formula is C22H32ClN3O3. The normalized spacial score (nSPS) is 18.5. The van der Waals surface area contributed by atoms with Crippen molar-refractivity contribution in [2.45, 2.75) is 57.5 Å². The number of halogens is 1. The summed E-state index contributed by atoms with van der Waals surface area (Å²) in [5.74, 6) is 0.101. The van der Waals surface area contributed by atoms with Crippen LogP contribution in [0.3, 0.4) is 0 Å². The Balaban J connectivity index is 1.59. The highest BCUT2D eigenvalue weighted by molar-refractivity contribution is 6.31. The van der Waals surface area contributed by atoms with Gasteiger partial charge in [0.1, 0.15) is 0 Å². The van der Waals surface area contributed by atoms with Gasteiger partial charge in [0.25, 0.3) is 0 Å². The van der Waals surface area contributed by atoms with Crippen LogP contribution in [0.2, 0.25) is 5.02 Å². The molecule has 2 aliphatic rings. The van der Waals surface area contributed by atoms with Crippen molar-refractivity contribution in [2.24, 2.45) is 0 Å². The second kappa shape index (κ2) is 10.8. The molecule has 0 saturated carbocycles. The maximum absolute atomic E-state index is 12.9. The quantitative estimate of drug-likeness (QED) is 0.764. The largest absolute Gasteiger partial charge is 0.381 e. The molecule has 3 amide bonds. The van der Waals surface area contributed by atoms with Crippen LogP contribution in [0.1, 0.15) is 44.6 Å². The van der Waals surface area contributed by atoms with Gasteiger partial charge in [-0.25, -0.2) is 4.79 Å². The third-order valence-electron chi connectivity index (χ3n) is 5.86. The van der Waals surface area contributed by atoms with Crippen LogP contribution >= 0.6 is 11.6 Å². The monoisotopic (exact) mass is 421 g/mol.